The maximum absolute atomic E-state index is 12.0. The van der Waals surface area contributed by atoms with E-state index in [0.29, 0.717) is 13.2 Å². The molecule has 1 aromatic rings. The van der Waals surface area contributed by atoms with E-state index in [-0.39, 0.29) is 18.0 Å². The maximum Gasteiger partial charge on any atom is 0.240 e. The largest absolute Gasteiger partial charge is 0.378 e. The summed E-state index contributed by atoms with van der Waals surface area (Å²) in [5.41, 5.74) is 0. The zero-order valence-electron chi connectivity index (χ0n) is 9.94. The van der Waals surface area contributed by atoms with Crippen LogP contribution >= 0.6 is 11.3 Å². The fourth-order valence-corrected chi connectivity index (χ4v) is 2.73. The first-order valence-electron chi connectivity index (χ1n) is 5.96. The van der Waals surface area contributed by atoms with E-state index in [9.17, 15) is 4.79 Å². The van der Waals surface area contributed by atoms with Crippen LogP contribution in [0.1, 0.15) is 24.3 Å². The molecule has 17 heavy (non-hydrogen) atoms. The summed E-state index contributed by atoms with van der Waals surface area (Å²) in [5.74, 6) is 0.0324. The van der Waals surface area contributed by atoms with Crippen LogP contribution in [-0.2, 0) is 9.53 Å². The molecule has 1 aromatic heterocycles. The molecule has 1 aliphatic rings. The van der Waals surface area contributed by atoms with Crippen molar-refractivity contribution >= 4 is 17.2 Å². The fourth-order valence-electron chi connectivity index (χ4n) is 1.87. The summed E-state index contributed by atoms with van der Waals surface area (Å²) in [6, 6.07) is 3.98. The van der Waals surface area contributed by atoms with E-state index in [1.165, 1.54) is 4.88 Å². The van der Waals surface area contributed by atoms with Crippen LogP contribution in [-0.4, -0.2) is 31.7 Å². The summed E-state index contributed by atoms with van der Waals surface area (Å²) in [4.78, 5) is 13.2. The lowest BCUT2D eigenvalue weighted by atomic mass is 10.1. The smallest absolute Gasteiger partial charge is 0.240 e. The molecule has 1 saturated heterocycles. The molecule has 2 unspecified atom stereocenters. The number of amides is 1. The van der Waals surface area contributed by atoms with Crippen molar-refractivity contribution < 1.29 is 9.53 Å². The van der Waals surface area contributed by atoms with Crippen molar-refractivity contribution in [2.75, 3.05) is 19.8 Å². The zero-order valence-corrected chi connectivity index (χ0v) is 10.8. The van der Waals surface area contributed by atoms with Crippen molar-refractivity contribution in [2.45, 2.75) is 25.4 Å². The molecule has 0 radical (unpaired) electrons. The molecular formula is C12H18N2O2S. The number of rotatable bonds is 4. The number of hydrogen-bond donors (Lipinski definition) is 2. The molecule has 0 saturated carbocycles. The molecule has 1 aliphatic heterocycles. The lowest BCUT2D eigenvalue weighted by molar-refractivity contribution is -0.126. The summed E-state index contributed by atoms with van der Waals surface area (Å²) in [5, 5.41) is 8.26. The second-order valence-electron chi connectivity index (χ2n) is 4.07. The molecule has 0 spiro atoms. The molecule has 0 aliphatic carbocycles. The highest BCUT2D eigenvalue weighted by molar-refractivity contribution is 7.10. The van der Waals surface area contributed by atoms with Gasteiger partial charge in [-0.1, -0.05) is 13.0 Å². The predicted molar refractivity (Wildman–Crippen MR) is 68.1 cm³/mol. The van der Waals surface area contributed by atoms with E-state index in [1.807, 2.05) is 11.4 Å². The second-order valence-corrected chi connectivity index (χ2v) is 5.05. The number of hydrogen-bond acceptors (Lipinski definition) is 4. The van der Waals surface area contributed by atoms with Gasteiger partial charge in [-0.2, -0.15) is 0 Å². The highest BCUT2D eigenvalue weighted by Crippen LogP contribution is 2.21. The van der Waals surface area contributed by atoms with E-state index in [2.05, 4.69) is 23.6 Å². The standard InChI is InChI=1S/C12H18N2O2S/c1-2-9(11-4-3-7-17-11)14-12(15)10-8-16-6-5-13-10/h3-4,7,9-10,13H,2,5-6,8H2,1H3,(H,14,15). The number of thiophene rings is 1. The van der Waals surface area contributed by atoms with Crippen LogP contribution in [0.3, 0.4) is 0 Å². The molecule has 5 heteroatoms. The third-order valence-corrected chi connectivity index (χ3v) is 3.84. The SMILES string of the molecule is CCC(NC(=O)C1COCCN1)c1cccs1. The maximum atomic E-state index is 12.0. The van der Waals surface area contributed by atoms with E-state index in [0.717, 1.165) is 13.0 Å². The number of carbonyl (C=O) groups excluding carboxylic acids is 1. The number of ether oxygens (including phenoxy) is 1. The van der Waals surface area contributed by atoms with Gasteiger partial charge < -0.3 is 15.4 Å². The van der Waals surface area contributed by atoms with Gasteiger partial charge in [0.2, 0.25) is 5.91 Å². The second kappa shape index (κ2) is 6.14. The highest BCUT2D eigenvalue weighted by atomic mass is 32.1. The molecule has 4 nitrogen and oxygen atoms in total. The Morgan fingerprint density at radius 2 is 2.65 bits per heavy atom. The number of carbonyl (C=O) groups is 1. The normalized spacial score (nSPS) is 22.1. The van der Waals surface area contributed by atoms with E-state index >= 15 is 0 Å². The average Bonchev–Trinajstić information content (AvgIpc) is 2.90. The Kier molecular flexibility index (Phi) is 4.53. The van der Waals surface area contributed by atoms with Crippen molar-refractivity contribution in [1.29, 1.82) is 0 Å². The molecular weight excluding hydrogens is 236 g/mol. The van der Waals surface area contributed by atoms with Crippen LogP contribution < -0.4 is 10.6 Å². The first-order chi connectivity index (χ1) is 8.31. The zero-order chi connectivity index (χ0) is 12.1. The summed E-state index contributed by atoms with van der Waals surface area (Å²) < 4.78 is 5.29. The first-order valence-corrected chi connectivity index (χ1v) is 6.84. The van der Waals surface area contributed by atoms with Crippen molar-refractivity contribution in [3.05, 3.63) is 22.4 Å². The van der Waals surface area contributed by atoms with Crippen LogP contribution in [0.5, 0.6) is 0 Å². The molecule has 0 bridgehead atoms. The Morgan fingerprint density at radius 1 is 1.76 bits per heavy atom. The van der Waals surface area contributed by atoms with E-state index < -0.39 is 0 Å². The lowest BCUT2D eigenvalue weighted by Gasteiger charge is -2.25. The monoisotopic (exact) mass is 254 g/mol. The minimum atomic E-state index is -0.210. The molecule has 2 rings (SSSR count). The van der Waals surface area contributed by atoms with Gasteiger partial charge in [0.25, 0.3) is 0 Å². The molecule has 2 atom stereocenters. The minimum absolute atomic E-state index is 0.0324. The van der Waals surface area contributed by atoms with Crippen LogP contribution in [0.4, 0.5) is 0 Å². The van der Waals surface area contributed by atoms with Crippen LogP contribution in [0.25, 0.3) is 0 Å². The van der Waals surface area contributed by atoms with Crippen LogP contribution in [0, 0.1) is 0 Å². The van der Waals surface area contributed by atoms with Crippen LogP contribution in [0.2, 0.25) is 0 Å². The van der Waals surface area contributed by atoms with Gasteiger partial charge in [0.05, 0.1) is 19.3 Å². The first kappa shape index (κ1) is 12.5. The molecule has 94 valence electrons. The Hall–Kier alpha value is -0.910. The predicted octanol–water partition coefficient (Wildman–Crippen LogP) is 1.30. The average molecular weight is 254 g/mol. The Morgan fingerprint density at radius 3 is 3.24 bits per heavy atom. The molecule has 0 aromatic carbocycles. The highest BCUT2D eigenvalue weighted by Gasteiger charge is 2.23. The third kappa shape index (κ3) is 3.28. The molecule has 1 amide bonds. The topological polar surface area (TPSA) is 50.4 Å². The van der Waals surface area contributed by atoms with Gasteiger partial charge in [-0.05, 0) is 17.9 Å². The van der Waals surface area contributed by atoms with Crippen molar-refractivity contribution in [3.8, 4) is 0 Å². The minimum Gasteiger partial charge on any atom is -0.378 e. The molecule has 2 N–H and O–H groups in total. The number of morpholine rings is 1. The quantitative estimate of drug-likeness (QED) is 0.851. The number of nitrogens with one attached hydrogen (secondary N) is 2. The van der Waals surface area contributed by atoms with Crippen molar-refractivity contribution in [3.63, 3.8) is 0 Å². The summed E-state index contributed by atoms with van der Waals surface area (Å²) in [7, 11) is 0. The summed E-state index contributed by atoms with van der Waals surface area (Å²) in [6.07, 6.45) is 0.903. The van der Waals surface area contributed by atoms with Gasteiger partial charge in [0.15, 0.2) is 0 Å². The summed E-state index contributed by atoms with van der Waals surface area (Å²) in [6.45, 7) is 3.97. The Balaban J connectivity index is 1.92. The van der Waals surface area contributed by atoms with E-state index in [1.54, 1.807) is 11.3 Å². The van der Waals surface area contributed by atoms with Gasteiger partial charge in [-0.15, -0.1) is 11.3 Å². The van der Waals surface area contributed by atoms with Crippen molar-refractivity contribution in [1.82, 2.24) is 10.6 Å². The molecule has 1 fully saturated rings. The van der Waals surface area contributed by atoms with Gasteiger partial charge in [-0.25, -0.2) is 0 Å². The van der Waals surface area contributed by atoms with E-state index in [4.69, 9.17) is 4.74 Å². The van der Waals surface area contributed by atoms with Gasteiger partial charge in [-0.3, -0.25) is 4.79 Å². The summed E-state index contributed by atoms with van der Waals surface area (Å²) >= 11 is 1.68. The van der Waals surface area contributed by atoms with Crippen LogP contribution in [0.15, 0.2) is 17.5 Å². The van der Waals surface area contributed by atoms with Crippen molar-refractivity contribution in [2.24, 2.45) is 0 Å². The fraction of sp³-hybridized carbons (Fsp3) is 0.583. The lowest BCUT2D eigenvalue weighted by Crippen LogP contribution is -2.51. The third-order valence-electron chi connectivity index (χ3n) is 2.85. The van der Waals surface area contributed by atoms with Gasteiger partial charge in [0.1, 0.15) is 6.04 Å². The van der Waals surface area contributed by atoms with Gasteiger partial charge >= 0.3 is 0 Å². The molecule has 2 heterocycles. The Bertz CT molecular complexity index is 347. The Labute approximate surface area is 105 Å². The van der Waals surface area contributed by atoms with Gasteiger partial charge in [0, 0.05) is 11.4 Å².